The Hall–Kier alpha value is -3.44. The Labute approximate surface area is 238 Å². The van der Waals surface area contributed by atoms with Crippen LogP contribution in [-0.2, 0) is 20.1 Å². The minimum absolute atomic E-state index is 0. The third-order valence-corrected chi connectivity index (χ3v) is 8.24. The van der Waals surface area contributed by atoms with Gasteiger partial charge in [0.15, 0.2) is 0 Å². The number of rotatable bonds is 3. The number of aromatic nitrogens is 3. The molecule has 4 nitrogen and oxygen atoms in total. The van der Waals surface area contributed by atoms with Gasteiger partial charge in [-0.25, -0.2) is 0 Å². The number of hydrogen-bond acceptors (Lipinski definition) is 4. The second kappa shape index (κ2) is 11.5. The molecule has 0 aliphatic heterocycles. The first-order valence-corrected chi connectivity index (χ1v) is 15.9. The number of fused-ring (bicyclic) bond motifs is 3. The van der Waals surface area contributed by atoms with Crippen molar-refractivity contribution in [3.63, 3.8) is 0 Å². The summed E-state index contributed by atoms with van der Waals surface area (Å²) in [5.41, 5.74) is 7.89. The molecule has 38 heavy (non-hydrogen) atoms. The normalized spacial score (nSPS) is 11.1. The Morgan fingerprint density at radius 3 is 2.34 bits per heavy atom. The molecule has 0 spiro atoms. The van der Waals surface area contributed by atoms with E-state index in [-0.39, 0.29) is 20.1 Å². The second-order valence-electron chi connectivity index (χ2n) is 10.2. The molecule has 6 heteroatoms. The molecule has 0 aliphatic carbocycles. The van der Waals surface area contributed by atoms with Crippen molar-refractivity contribution in [2.45, 2.75) is 33.5 Å². The first-order chi connectivity index (χ1) is 17.8. The van der Waals surface area contributed by atoms with Gasteiger partial charge in [0.25, 0.3) is 0 Å². The van der Waals surface area contributed by atoms with Gasteiger partial charge >= 0.3 is 0 Å². The van der Waals surface area contributed by atoms with Crippen LogP contribution in [0.3, 0.4) is 0 Å². The molecule has 0 aliphatic rings. The number of pyridine rings is 3. The van der Waals surface area contributed by atoms with Crippen molar-refractivity contribution in [3.8, 4) is 22.5 Å². The van der Waals surface area contributed by atoms with E-state index in [2.05, 4.69) is 71.8 Å². The predicted octanol–water partition coefficient (Wildman–Crippen LogP) is 7.55. The van der Waals surface area contributed by atoms with Crippen LogP contribution in [0.5, 0.6) is 0 Å². The van der Waals surface area contributed by atoms with Gasteiger partial charge in [0.2, 0.25) is 0 Å². The summed E-state index contributed by atoms with van der Waals surface area (Å²) in [7, 11) is -1.55. The maximum absolute atomic E-state index is 6.20. The molecule has 0 N–H and O–H groups in total. The van der Waals surface area contributed by atoms with Crippen molar-refractivity contribution in [2.75, 3.05) is 0 Å². The van der Waals surface area contributed by atoms with Gasteiger partial charge in [-0.2, -0.15) is 0 Å². The first-order valence-electron chi connectivity index (χ1n) is 12.4. The summed E-state index contributed by atoms with van der Waals surface area (Å²) in [6.07, 6.45) is 7.32. The summed E-state index contributed by atoms with van der Waals surface area (Å²) in [6, 6.07) is 26.8. The van der Waals surface area contributed by atoms with Crippen molar-refractivity contribution in [3.05, 3.63) is 109 Å². The van der Waals surface area contributed by atoms with Gasteiger partial charge in [0.05, 0.1) is 11.8 Å². The van der Waals surface area contributed by atoms with Crippen LogP contribution in [0.2, 0.25) is 19.6 Å². The third-order valence-electron chi connectivity index (χ3n) is 6.23. The van der Waals surface area contributed by atoms with Crippen molar-refractivity contribution < 1.29 is 24.5 Å². The topological polar surface area (TPSA) is 51.8 Å². The average molecular weight is 692 g/mol. The smallest absolute Gasteiger partial charge is 0.139 e. The zero-order valence-electron chi connectivity index (χ0n) is 22.2. The molecular formula is C32H29IrN3OSi-2. The van der Waals surface area contributed by atoms with E-state index < -0.39 is 8.07 Å². The molecule has 6 aromatic rings. The Kier molecular flexibility index (Phi) is 8.37. The summed E-state index contributed by atoms with van der Waals surface area (Å²) in [5, 5.41) is 3.68. The van der Waals surface area contributed by atoms with Crippen LogP contribution < -0.4 is 5.19 Å². The molecule has 2 aromatic carbocycles. The monoisotopic (exact) mass is 692 g/mol. The van der Waals surface area contributed by atoms with E-state index in [1.54, 1.807) is 6.20 Å². The molecule has 0 atom stereocenters. The molecule has 0 saturated carbocycles. The van der Waals surface area contributed by atoms with Crippen LogP contribution in [0.15, 0.2) is 89.9 Å². The second-order valence-corrected chi connectivity index (χ2v) is 15.3. The van der Waals surface area contributed by atoms with Gasteiger partial charge in [-0.15, -0.1) is 53.2 Å². The molecule has 6 rings (SSSR count). The largest absolute Gasteiger partial charge is 0.499 e. The fraction of sp³-hybridized carbons (Fsp3) is 0.156. The van der Waals surface area contributed by atoms with Gasteiger partial charge in [-0.3, -0.25) is 4.98 Å². The number of aryl methyl sites for hydroxylation is 2. The molecule has 4 heterocycles. The van der Waals surface area contributed by atoms with E-state index in [9.17, 15) is 0 Å². The molecule has 0 saturated heterocycles. The fourth-order valence-corrected chi connectivity index (χ4v) is 5.81. The fourth-order valence-electron chi connectivity index (χ4n) is 4.31. The summed E-state index contributed by atoms with van der Waals surface area (Å²) in [4.78, 5) is 13.1. The van der Waals surface area contributed by atoms with E-state index >= 15 is 0 Å². The summed E-state index contributed by atoms with van der Waals surface area (Å²) in [5.74, 6) is 0. The van der Waals surface area contributed by atoms with E-state index in [4.69, 9.17) is 4.42 Å². The minimum atomic E-state index is -1.55. The van der Waals surface area contributed by atoms with Crippen molar-refractivity contribution >= 4 is 35.2 Å². The van der Waals surface area contributed by atoms with Crippen LogP contribution in [0.25, 0.3) is 44.5 Å². The van der Waals surface area contributed by atoms with Crippen LogP contribution in [0.4, 0.5) is 0 Å². The quantitative estimate of drug-likeness (QED) is 0.142. The van der Waals surface area contributed by atoms with E-state index in [0.29, 0.717) is 0 Å². The summed E-state index contributed by atoms with van der Waals surface area (Å²) in [6.45, 7) is 11.1. The molecule has 0 bridgehead atoms. The average Bonchev–Trinajstić information content (AvgIpc) is 3.28. The standard InChI is InChI=1S/C20H19N2OSi.C12H10N.Ir/c1-13-7-10-22-16(11-13)14-5-6-18(24(2,3)4)19-15-8-9-21-12-17(15)23-20(14)19;1-10-7-8-12(13-9-10)11-5-3-2-4-6-11;/h6-12H,1-4H3;2-5,7-9H,1H3;/q2*-1;. The Morgan fingerprint density at radius 2 is 1.66 bits per heavy atom. The Bertz CT molecular complexity index is 1670. The van der Waals surface area contributed by atoms with Crippen molar-refractivity contribution in [1.29, 1.82) is 0 Å². The molecule has 0 amide bonds. The van der Waals surface area contributed by atoms with Crippen LogP contribution in [0.1, 0.15) is 11.1 Å². The maximum Gasteiger partial charge on any atom is 0.139 e. The number of nitrogens with zero attached hydrogens (tertiary/aromatic N) is 3. The van der Waals surface area contributed by atoms with Crippen LogP contribution >= 0.6 is 0 Å². The van der Waals surface area contributed by atoms with Crippen LogP contribution in [-0.4, -0.2) is 23.0 Å². The van der Waals surface area contributed by atoms with E-state index in [1.165, 1.54) is 21.7 Å². The predicted molar refractivity (Wildman–Crippen MR) is 155 cm³/mol. The van der Waals surface area contributed by atoms with Gasteiger partial charge in [0.1, 0.15) is 5.58 Å². The Balaban J connectivity index is 0.000000204. The van der Waals surface area contributed by atoms with E-state index in [1.807, 2.05) is 68.0 Å². The van der Waals surface area contributed by atoms with Gasteiger partial charge < -0.3 is 14.4 Å². The van der Waals surface area contributed by atoms with Crippen molar-refractivity contribution in [1.82, 2.24) is 15.0 Å². The molecule has 0 unspecified atom stereocenters. The van der Waals surface area contributed by atoms with Gasteiger partial charge in [-0.05, 0) is 42.9 Å². The maximum atomic E-state index is 6.20. The van der Waals surface area contributed by atoms with Gasteiger partial charge in [-0.1, -0.05) is 54.4 Å². The number of benzene rings is 2. The van der Waals surface area contributed by atoms with Crippen LogP contribution in [0, 0.1) is 26.0 Å². The zero-order chi connectivity index (χ0) is 26.0. The van der Waals surface area contributed by atoms with Gasteiger partial charge in [0, 0.05) is 52.2 Å². The van der Waals surface area contributed by atoms with Crippen molar-refractivity contribution in [2.24, 2.45) is 0 Å². The minimum Gasteiger partial charge on any atom is -0.499 e. The molecule has 4 aromatic heterocycles. The van der Waals surface area contributed by atoms with E-state index in [0.717, 1.165) is 39.1 Å². The number of furan rings is 1. The Morgan fingerprint density at radius 1 is 0.816 bits per heavy atom. The third kappa shape index (κ3) is 5.83. The molecule has 193 valence electrons. The first kappa shape index (κ1) is 27.6. The number of hydrogen-bond donors (Lipinski definition) is 0. The molecular weight excluding hydrogens is 663 g/mol. The summed E-state index contributed by atoms with van der Waals surface area (Å²) < 4.78 is 6.20. The molecule has 0 fully saturated rings. The summed E-state index contributed by atoms with van der Waals surface area (Å²) >= 11 is 0. The zero-order valence-corrected chi connectivity index (χ0v) is 25.6. The molecule has 1 radical (unpaired) electrons. The SMILES string of the molecule is Cc1ccc(-c2[c-]cccc2)nc1.Cc1ccnc(-c2[c-]cc([Si](C)(C)C)c3c2oc2cnccc23)c1.[Ir].